The number of fused-ring (bicyclic) bond motifs is 1. The summed E-state index contributed by atoms with van der Waals surface area (Å²) in [7, 11) is 8.94. The average Bonchev–Trinajstić information content (AvgIpc) is 2.57. The molecule has 19 nitrogen and oxygen atoms in total. The number of carbonyl (C=O) groups is 3. The third-order valence-electron chi connectivity index (χ3n) is 13.0. The van der Waals surface area contributed by atoms with Crippen LogP contribution in [0.1, 0.15) is 122 Å². The zero-order chi connectivity index (χ0) is 62.6. The van der Waals surface area contributed by atoms with Crippen LogP contribution in [0, 0.1) is 42.5 Å². The molecular weight excluding hydrogens is 1130 g/mol. The van der Waals surface area contributed by atoms with Crippen molar-refractivity contribution in [3.05, 3.63) is 115 Å². The number of nitrogens with zero attached hydrogens (tertiary/aromatic N) is 9. The Hall–Kier alpha value is -5.93. The Morgan fingerprint density at radius 1 is 1.04 bits per heavy atom. The first kappa shape index (κ1) is 76.1. The van der Waals surface area contributed by atoms with Crippen molar-refractivity contribution in [3.8, 4) is 23.6 Å². The van der Waals surface area contributed by atoms with Crippen LogP contribution in [-0.4, -0.2) is 135 Å². The normalized spacial score (nSPS) is 16.9. The molecule has 4 N–H and O–H groups in total. The molecule has 2 unspecified atom stereocenters. The molecule has 2 atom stereocenters. The van der Waals surface area contributed by atoms with Crippen LogP contribution < -0.4 is 49.1 Å². The van der Waals surface area contributed by atoms with Crippen LogP contribution in [0.4, 0.5) is 24.5 Å². The molecule has 0 bridgehead atoms. The smallest absolute Gasteiger partial charge is 0.574 e. The number of halogens is 3. The van der Waals surface area contributed by atoms with Crippen LogP contribution in [0.5, 0.6) is 11.5 Å². The molecule has 3 saturated heterocycles. The summed E-state index contributed by atoms with van der Waals surface area (Å²) in [4.78, 5) is 54.3. The monoisotopic (exact) mass is 1210 g/mol. The third-order valence-corrected chi connectivity index (χ3v) is 14.8. The van der Waals surface area contributed by atoms with Gasteiger partial charge in [0.1, 0.15) is 23.3 Å². The molecule has 1 aromatic heterocycles. The molecule has 25 heteroatoms. The number of aliphatic hydroxyl groups is 1. The number of hydrogen-bond acceptors (Lipinski definition) is 18. The SMILES string of the molecule is C=C(NSN(C)CC)/C(C#N)=C/O.CC.CC.CC.[CH-]=Nc1ccc(Oc2c(F)ccc(NSN(C)CC)c2C#N)cc1[C-]=O.[CH2-]OC1([CH2-])CCN(C(=O)CN2CCC(c3ccc4c(C5CCC(=O)NC5=O)nn(C)c4c3)C(F)(F)C2)CC1.[Na+]. The van der Waals surface area contributed by atoms with E-state index in [0.29, 0.717) is 72.4 Å². The fourth-order valence-corrected chi connectivity index (χ4v) is 9.31. The van der Waals surface area contributed by atoms with Crippen LogP contribution in [0.25, 0.3) is 10.9 Å². The molecule has 3 aliphatic rings. The number of nitriles is 2. The fraction of sp³-hybridized carbons (Fsp3) is 0.458. The van der Waals surface area contributed by atoms with E-state index >= 15 is 8.78 Å². The van der Waals surface area contributed by atoms with Gasteiger partial charge < -0.3 is 45.6 Å². The predicted molar refractivity (Wildman–Crippen MR) is 324 cm³/mol. The minimum Gasteiger partial charge on any atom is -0.574 e. The van der Waals surface area contributed by atoms with Gasteiger partial charge in [-0.2, -0.15) is 22.3 Å². The van der Waals surface area contributed by atoms with Crippen LogP contribution in [0.15, 0.2) is 77.6 Å². The Morgan fingerprint density at radius 3 is 2.23 bits per heavy atom. The van der Waals surface area contributed by atoms with Crippen LogP contribution >= 0.6 is 24.3 Å². The molecule has 0 spiro atoms. The summed E-state index contributed by atoms with van der Waals surface area (Å²) in [6.07, 6.45) is 4.35. The molecular formula is C59H79F3N12NaO7S2-3. The molecule has 4 heterocycles. The van der Waals surface area contributed by atoms with E-state index in [4.69, 9.17) is 26.6 Å². The Balaban J connectivity index is 0.000000665. The first-order valence-corrected chi connectivity index (χ1v) is 28.8. The van der Waals surface area contributed by atoms with Crippen LogP contribution in [0.2, 0.25) is 0 Å². The summed E-state index contributed by atoms with van der Waals surface area (Å²) < 4.78 is 67.0. The van der Waals surface area contributed by atoms with Crippen LogP contribution in [0.3, 0.4) is 0 Å². The molecule has 3 aromatic carbocycles. The molecule has 0 aliphatic carbocycles. The van der Waals surface area contributed by atoms with Gasteiger partial charge in [0.2, 0.25) is 17.7 Å². The van der Waals surface area contributed by atoms with Gasteiger partial charge in [-0.3, -0.25) is 29.3 Å². The molecule has 3 amide bonds. The number of imide groups is 1. The van der Waals surface area contributed by atoms with Gasteiger partial charge in [-0.25, -0.2) is 28.9 Å². The van der Waals surface area contributed by atoms with Crippen molar-refractivity contribution in [2.75, 3.05) is 64.6 Å². The van der Waals surface area contributed by atoms with Gasteiger partial charge in [0.15, 0.2) is 11.6 Å². The minimum atomic E-state index is -3.02. The topological polar surface area (TPSA) is 234 Å². The van der Waals surface area contributed by atoms with E-state index in [0.717, 1.165) is 19.4 Å². The summed E-state index contributed by atoms with van der Waals surface area (Å²) in [5, 5.41) is 34.2. The Labute approximate surface area is 525 Å². The first-order chi connectivity index (χ1) is 39.7. The van der Waals surface area contributed by atoms with Crippen molar-refractivity contribution in [2.24, 2.45) is 12.0 Å². The standard InChI is InChI=1S/C27H33F2N5O4.C18H15FN4O2S.C8H13N3OS.3C2H6.Na/c1-26(38-3)9-12-34(13-10-26)23(36)15-33-11-8-20(27(28,29)16-33)17-4-5-18-21(14-17)32(2)31-24(18)19-6-7-22(35)30-25(19)37;1-4-23(3)26-22-17-8-6-15(19)18(14(17)10-20)25-13-5-7-16(21-2)12(9-13)11-24;1-4-11(3)13-10-7(2)8(5-9)6-12;3*1-2;/h4-5,14,19-20H,1,3,6-13,15-16H2,2H3,(H,30,35,37);2,5-9,22H,4H2,1,3H3;6,10,12H,2,4H2,1,3H3;3*1-2H3;/q2*-2;;;;;+1/b;;8-6+;;;;. The van der Waals surface area contributed by atoms with Gasteiger partial charge in [0.05, 0.1) is 65.8 Å². The number of carbonyl (C=O) groups excluding carboxylic acids is 4. The van der Waals surface area contributed by atoms with E-state index in [2.05, 4.69) is 45.5 Å². The molecule has 7 rings (SSSR count). The van der Waals surface area contributed by atoms with E-state index in [1.807, 2.05) is 90.2 Å². The Kier molecular flexibility index (Phi) is 34.6. The number of piperidine rings is 3. The summed E-state index contributed by atoms with van der Waals surface area (Å²) in [5.41, 5.74) is 2.36. The number of anilines is 1. The second-order valence-corrected chi connectivity index (χ2v) is 20.2. The Morgan fingerprint density at radius 2 is 1.68 bits per heavy atom. The van der Waals surface area contributed by atoms with Gasteiger partial charge in [0, 0.05) is 69.3 Å². The maximum Gasteiger partial charge on any atom is 1.00 e. The number of aliphatic imine (C=N–C) groups is 1. The summed E-state index contributed by atoms with van der Waals surface area (Å²) >= 11 is 2.59. The van der Waals surface area contributed by atoms with Gasteiger partial charge in [-0.05, 0) is 76.2 Å². The predicted octanol–water partition coefficient (Wildman–Crippen LogP) is 8.26. The number of benzene rings is 3. The van der Waals surface area contributed by atoms with E-state index in [9.17, 15) is 28.8 Å². The van der Waals surface area contributed by atoms with Gasteiger partial charge in [0.25, 0.3) is 5.92 Å². The van der Waals surface area contributed by atoms with Crippen LogP contribution in [-0.2, 0) is 31.0 Å². The maximum absolute atomic E-state index is 15.4. The number of rotatable bonds is 18. The number of hydrogen-bond donors (Lipinski definition) is 4. The van der Waals surface area contributed by atoms with Crippen molar-refractivity contribution >= 4 is 77.3 Å². The summed E-state index contributed by atoms with van der Waals surface area (Å²) in [6.45, 7) is 31.2. The molecule has 3 fully saturated rings. The summed E-state index contributed by atoms with van der Waals surface area (Å²) in [5.74, 6) is -6.22. The second-order valence-electron chi connectivity index (χ2n) is 18.1. The first-order valence-electron chi connectivity index (χ1n) is 27.2. The fourth-order valence-electron chi connectivity index (χ4n) is 8.25. The molecule has 84 heavy (non-hydrogen) atoms. The van der Waals surface area contributed by atoms with Crippen molar-refractivity contribution in [1.29, 1.82) is 10.5 Å². The Bertz CT molecular complexity index is 2930. The molecule has 4 aromatic rings. The number of ether oxygens (including phenoxy) is 2. The third kappa shape index (κ3) is 21.5. The van der Waals surface area contributed by atoms with Crippen molar-refractivity contribution in [3.63, 3.8) is 0 Å². The van der Waals surface area contributed by atoms with Crippen molar-refractivity contribution < 1.29 is 76.5 Å². The number of aryl methyl sites for hydroxylation is 1. The number of likely N-dealkylation sites (tertiary alicyclic amines) is 2. The molecule has 3 aliphatic heterocycles. The van der Waals surface area contributed by atoms with Gasteiger partial charge in [-0.15, -0.1) is 11.6 Å². The van der Waals surface area contributed by atoms with E-state index in [1.165, 1.54) is 59.5 Å². The van der Waals surface area contributed by atoms with E-state index in [1.54, 1.807) is 41.1 Å². The number of amides is 3. The number of aliphatic hydroxyl groups excluding tert-OH is 1. The molecule has 0 radical (unpaired) electrons. The number of allylic oxidation sites excluding steroid dienone is 1. The molecule has 454 valence electrons. The summed E-state index contributed by atoms with van der Waals surface area (Å²) in [6, 6.07) is 15.8. The maximum atomic E-state index is 15.4. The number of aromatic nitrogens is 2. The van der Waals surface area contributed by atoms with Crippen molar-refractivity contribution in [1.82, 2.24) is 38.2 Å². The second kappa shape index (κ2) is 38.2. The van der Waals surface area contributed by atoms with Crippen molar-refractivity contribution in [2.45, 2.75) is 111 Å². The minimum absolute atomic E-state index is 0. The molecule has 0 saturated carbocycles. The average molecular weight is 1210 g/mol. The van der Waals surface area contributed by atoms with E-state index < -0.39 is 35.7 Å². The quantitative estimate of drug-likeness (QED) is 0.0107. The zero-order valence-electron chi connectivity index (χ0n) is 50.4. The van der Waals surface area contributed by atoms with E-state index in [-0.39, 0.29) is 101 Å². The van der Waals surface area contributed by atoms with Gasteiger partial charge in [-0.1, -0.05) is 91.5 Å². The van der Waals surface area contributed by atoms with Gasteiger partial charge >= 0.3 is 29.6 Å². The zero-order valence-corrected chi connectivity index (χ0v) is 54.0. The largest absolute Gasteiger partial charge is 1.00 e. The number of alkyl halides is 2. The number of nitrogens with one attached hydrogen (secondary N) is 3.